The molecule has 2 rings (SSSR count). The van der Waals surface area contributed by atoms with E-state index in [4.69, 9.17) is 23.4 Å². The van der Waals surface area contributed by atoms with E-state index in [2.05, 4.69) is 39.2 Å². The van der Waals surface area contributed by atoms with Gasteiger partial charge in [0, 0.05) is 0 Å². The summed E-state index contributed by atoms with van der Waals surface area (Å²) in [6.45, 7) is 16.8. The summed E-state index contributed by atoms with van der Waals surface area (Å²) in [5, 5.41) is 14.3. The predicted octanol–water partition coefficient (Wildman–Crippen LogP) is 6.07. The van der Waals surface area contributed by atoms with Crippen molar-refractivity contribution in [3.05, 3.63) is 65.7 Å². The quantitative estimate of drug-likeness (QED) is 0.264. The van der Waals surface area contributed by atoms with E-state index in [0.29, 0.717) is 6.61 Å². The average molecular weight is 576 g/mol. The number of amides is 1. The predicted molar refractivity (Wildman–Crippen MR) is 160 cm³/mol. The van der Waals surface area contributed by atoms with E-state index in [9.17, 15) is 9.90 Å². The van der Waals surface area contributed by atoms with Crippen LogP contribution >= 0.6 is 0 Å². The van der Waals surface area contributed by atoms with Crippen LogP contribution in [-0.2, 0) is 31.9 Å². The highest BCUT2D eigenvalue weighted by Gasteiger charge is 2.39. The van der Waals surface area contributed by atoms with Crippen molar-refractivity contribution in [2.24, 2.45) is 0 Å². The highest BCUT2D eigenvalue weighted by atomic mass is 28.4. The smallest absolute Gasteiger partial charge is 0.408 e. The van der Waals surface area contributed by atoms with Gasteiger partial charge in [-0.3, -0.25) is 0 Å². The van der Waals surface area contributed by atoms with Gasteiger partial charge >= 0.3 is 6.09 Å². The van der Waals surface area contributed by atoms with E-state index in [1.165, 1.54) is 0 Å². The lowest BCUT2D eigenvalue weighted by atomic mass is 10.1. The van der Waals surface area contributed by atoms with E-state index in [0.717, 1.165) is 16.9 Å². The number of methoxy groups -OCH3 is 1. The number of ether oxygens (including phenoxy) is 4. The lowest BCUT2D eigenvalue weighted by molar-refractivity contribution is -0.0926. The van der Waals surface area contributed by atoms with Gasteiger partial charge in [-0.15, -0.1) is 0 Å². The Hall–Kier alpha value is -2.43. The van der Waals surface area contributed by atoms with Gasteiger partial charge in [0.05, 0.1) is 39.6 Å². The standard InChI is InChI=1S/C31H49NO7Si/c1-30(2,3)39-29(34)32-26(21-36-19-24-15-17-25(35-7)18-16-24)28(37-20-23-13-11-10-12-14-23)27(33)22-38-40(8,9)31(4,5)6/h10-18,26-28,33H,19-22H2,1-9H3,(H,32,34)/t26-,27+,28-/m0/s1. The van der Waals surface area contributed by atoms with Gasteiger partial charge < -0.3 is 33.8 Å². The molecule has 0 saturated carbocycles. The second-order valence-corrected chi connectivity index (χ2v) is 17.3. The maximum absolute atomic E-state index is 12.9. The number of carbonyl (C=O) groups is 1. The number of hydrogen-bond donors (Lipinski definition) is 2. The third-order valence-electron chi connectivity index (χ3n) is 6.91. The molecule has 2 aromatic carbocycles. The number of carbonyl (C=O) groups excluding carboxylic acids is 1. The zero-order valence-electron chi connectivity index (χ0n) is 25.7. The molecule has 2 N–H and O–H groups in total. The largest absolute Gasteiger partial charge is 0.497 e. The summed E-state index contributed by atoms with van der Waals surface area (Å²) < 4.78 is 29.4. The summed E-state index contributed by atoms with van der Waals surface area (Å²) in [7, 11) is -0.526. The third-order valence-corrected chi connectivity index (χ3v) is 11.4. The van der Waals surface area contributed by atoms with Gasteiger partial charge in [-0.2, -0.15) is 0 Å². The molecule has 0 bridgehead atoms. The average Bonchev–Trinajstić information content (AvgIpc) is 2.86. The fraction of sp³-hybridized carbons (Fsp3) is 0.581. The molecule has 224 valence electrons. The molecule has 0 aliphatic heterocycles. The molecule has 1 amide bonds. The first-order chi connectivity index (χ1) is 18.6. The molecule has 0 unspecified atom stereocenters. The zero-order chi connectivity index (χ0) is 30.0. The van der Waals surface area contributed by atoms with Crippen molar-refractivity contribution in [3.8, 4) is 5.75 Å². The Labute approximate surface area is 241 Å². The van der Waals surface area contributed by atoms with Gasteiger partial charge in [-0.1, -0.05) is 63.2 Å². The van der Waals surface area contributed by atoms with Crippen LogP contribution in [0.1, 0.15) is 52.7 Å². The van der Waals surface area contributed by atoms with Crippen LogP contribution in [0.15, 0.2) is 54.6 Å². The Kier molecular flexibility index (Phi) is 12.6. The summed E-state index contributed by atoms with van der Waals surface area (Å²) in [6.07, 6.45) is -2.47. The maximum Gasteiger partial charge on any atom is 0.408 e. The second-order valence-electron chi connectivity index (χ2n) is 12.5. The van der Waals surface area contributed by atoms with Crippen LogP contribution in [0.2, 0.25) is 18.1 Å². The molecular formula is C31H49NO7Si. The fourth-order valence-corrected chi connectivity index (χ4v) is 4.59. The molecule has 0 fully saturated rings. The van der Waals surface area contributed by atoms with Gasteiger partial charge in [0.25, 0.3) is 0 Å². The Balaban J connectivity index is 2.26. The SMILES string of the molecule is COc1ccc(COC[C@H](NC(=O)OC(C)(C)C)[C@H](OCc2ccccc2)[C@H](O)CO[Si](C)(C)C(C)(C)C)cc1. The molecule has 9 heteroatoms. The summed E-state index contributed by atoms with van der Waals surface area (Å²) in [5.41, 5.74) is 1.20. The number of aliphatic hydroxyl groups is 1. The van der Waals surface area contributed by atoms with Crippen LogP contribution in [0.3, 0.4) is 0 Å². The number of benzene rings is 2. The summed E-state index contributed by atoms with van der Waals surface area (Å²) in [4.78, 5) is 12.9. The van der Waals surface area contributed by atoms with Crippen molar-refractivity contribution in [1.29, 1.82) is 0 Å². The molecule has 0 radical (unpaired) electrons. The lowest BCUT2D eigenvalue weighted by Crippen LogP contribution is -2.55. The zero-order valence-corrected chi connectivity index (χ0v) is 26.7. The molecule has 0 aliphatic carbocycles. The van der Waals surface area contributed by atoms with Crippen LogP contribution in [0.4, 0.5) is 4.79 Å². The molecule has 40 heavy (non-hydrogen) atoms. The molecule has 3 atom stereocenters. The first-order valence-electron chi connectivity index (χ1n) is 13.8. The van der Waals surface area contributed by atoms with E-state index in [1.54, 1.807) is 27.9 Å². The second kappa shape index (κ2) is 15.0. The van der Waals surface area contributed by atoms with E-state index >= 15 is 0 Å². The van der Waals surface area contributed by atoms with Crippen LogP contribution in [-0.4, -0.2) is 63.7 Å². The fourth-order valence-electron chi connectivity index (χ4n) is 3.57. The Morgan fingerprint density at radius 2 is 1.50 bits per heavy atom. The van der Waals surface area contributed by atoms with E-state index < -0.39 is 38.3 Å². The lowest BCUT2D eigenvalue weighted by Gasteiger charge is -2.38. The van der Waals surface area contributed by atoms with Crippen molar-refractivity contribution in [3.63, 3.8) is 0 Å². The van der Waals surface area contributed by atoms with E-state index in [-0.39, 0.29) is 24.9 Å². The first kappa shape index (κ1) is 33.8. The third kappa shape index (κ3) is 11.6. The van der Waals surface area contributed by atoms with Crippen molar-refractivity contribution in [2.75, 3.05) is 20.3 Å². The number of alkyl carbamates (subject to hydrolysis) is 1. The van der Waals surface area contributed by atoms with Gasteiger partial charge in [0.1, 0.15) is 23.6 Å². The van der Waals surface area contributed by atoms with Gasteiger partial charge in [-0.25, -0.2) is 4.79 Å². The highest BCUT2D eigenvalue weighted by molar-refractivity contribution is 6.74. The monoisotopic (exact) mass is 575 g/mol. The van der Waals surface area contributed by atoms with Gasteiger partial charge in [0.2, 0.25) is 0 Å². The van der Waals surface area contributed by atoms with Crippen LogP contribution in [0.25, 0.3) is 0 Å². The Morgan fingerprint density at radius 3 is 2.05 bits per heavy atom. The number of nitrogens with one attached hydrogen (secondary N) is 1. The van der Waals surface area contributed by atoms with Crippen LogP contribution < -0.4 is 10.1 Å². The number of rotatable bonds is 14. The maximum atomic E-state index is 12.9. The van der Waals surface area contributed by atoms with Crippen LogP contribution in [0.5, 0.6) is 5.75 Å². The Morgan fingerprint density at radius 1 is 0.900 bits per heavy atom. The Bertz CT molecular complexity index is 1020. The van der Waals surface area contributed by atoms with E-state index in [1.807, 2.05) is 54.6 Å². The number of hydrogen-bond acceptors (Lipinski definition) is 7. The van der Waals surface area contributed by atoms with Gasteiger partial charge in [0.15, 0.2) is 8.32 Å². The molecule has 0 spiro atoms. The minimum atomic E-state index is -2.15. The van der Waals surface area contributed by atoms with Gasteiger partial charge in [-0.05, 0) is 62.2 Å². The van der Waals surface area contributed by atoms with Crippen LogP contribution in [0, 0.1) is 0 Å². The van der Waals surface area contributed by atoms with Crippen molar-refractivity contribution < 1.29 is 33.3 Å². The number of aliphatic hydroxyl groups excluding tert-OH is 1. The molecule has 0 saturated heterocycles. The molecule has 8 nitrogen and oxygen atoms in total. The van der Waals surface area contributed by atoms with Crippen molar-refractivity contribution >= 4 is 14.4 Å². The van der Waals surface area contributed by atoms with Crippen molar-refractivity contribution in [1.82, 2.24) is 5.32 Å². The highest BCUT2D eigenvalue weighted by Crippen LogP contribution is 2.36. The molecule has 0 aliphatic rings. The minimum Gasteiger partial charge on any atom is -0.497 e. The molecule has 2 aromatic rings. The minimum absolute atomic E-state index is 0.0250. The first-order valence-corrected chi connectivity index (χ1v) is 16.7. The van der Waals surface area contributed by atoms with Crippen molar-refractivity contribution in [2.45, 2.75) is 96.7 Å². The summed E-state index contributed by atoms with van der Waals surface area (Å²) >= 11 is 0. The molecule has 0 aromatic heterocycles. The topological polar surface area (TPSA) is 95.5 Å². The summed E-state index contributed by atoms with van der Waals surface area (Å²) in [5.74, 6) is 0.757. The summed E-state index contributed by atoms with van der Waals surface area (Å²) in [6, 6.07) is 16.5. The molecule has 0 heterocycles. The molecular weight excluding hydrogens is 526 g/mol. The normalized spacial score (nSPS) is 14.8.